The number of nitrogens with zero attached hydrogens (tertiary/aromatic N) is 1. The predicted octanol–water partition coefficient (Wildman–Crippen LogP) is 3.30. The number of hydrogen-bond acceptors (Lipinski definition) is 4. The summed E-state index contributed by atoms with van der Waals surface area (Å²) >= 11 is 0. The fourth-order valence-corrected chi connectivity index (χ4v) is 3.04. The highest BCUT2D eigenvalue weighted by atomic mass is 16.7. The summed E-state index contributed by atoms with van der Waals surface area (Å²) in [6, 6.07) is 15.8. The van der Waals surface area contributed by atoms with E-state index in [9.17, 15) is 4.79 Å². The Hall–Kier alpha value is -2.73. The molecule has 0 unspecified atom stereocenters. The van der Waals surface area contributed by atoms with E-state index in [0.717, 1.165) is 36.6 Å². The molecular weight excluding hydrogens is 342 g/mol. The van der Waals surface area contributed by atoms with Crippen LogP contribution in [0.1, 0.15) is 30.5 Å². The van der Waals surface area contributed by atoms with Gasteiger partial charge >= 0.3 is 6.03 Å². The van der Waals surface area contributed by atoms with Crippen LogP contribution in [-0.4, -0.2) is 37.9 Å². The number of urea groups is 1. The standard InChI is InChI=1S/C21H27N3O3/c1-16(18-9-10-19-20(13-18)27-15-26-19)23-21(25)22-11-6-12-24(2)14-17-7-4-3-5-8-17/h3-5,7-10,13,16H,6,11-12,14-15H2,1-2H3,(H2,22,23,25)/t16-/m0/s1. The maximum absolute atomic E-state index is 12.1. The van der Waals surface area contributed by atoms with E-state index in [1.165, 1.54) is 5.56 Å². The van der Waals surface area contributed by atoms with Crippen LogP contribution in [0.3, 0.4) is 0 Å². The lowest BCUT2D eigenvalue weighted by molar-refractivity contribution is 0.174. The Morgan fingerprint density at radius 2 is 1.93 bits per heavy atom. The molecule has 3 rings (SSSR count). The first kappa shape index (κ1) is 19.0. The number of fused-ring (bicyclic) bond motifs is 1. The summed E-state index contributed by atoms with van der Waals surface area (Å²) in [5, 5.41) is 5.88. The third-order valence-corrected chi connectivity index (χ3v) is 4.54. The number of carbonyl (C=O) groups is 1. The molecule has 1 aliphatic heterocycles. The Morgan fingerprint density at radius 3 is 2.74 bits per heavy atom. The summed E-state index contributed by atoms with van der Waals surface area (Å²) in [6.45, 7) is 4.67. The lowest BCUT2D eigenvalue weighted by Crippen LogP contribution is -2.38. The summed E-state index contributed by atoms with van der Waals surface area (Å²) in [5.74, 6) is 1.47. The van der Waals surface area contributed by atoms with E-state index in [2.05, 4.69) is 46.8 Å². The summed E-state index contributed by atoms with van der Waals surface area (Å²) in [5.41, 5.74) is 2.28. The molecule has 0 radical (unpaired) electrons. The van der Waals surface area contributed by atoms with Crippen molar-refractivity contribution in [2.45, 2.75) is 25.9 Å². The molecule has 2 amide bonds. The maximum Gasteiger partial charge on any atom is 0.315 e. The zero-order valence-corrected chi connectivity index (χ0v) is 15.9. The molecule has 6 heteroatoms. The van der Waals surface area contributed by atoms with Crippen LogP contribution in [0.4, 0.5) is 4.79 Å². The molecule has 0 bridgehead atoms. The van der Waals surface area contributed by atoms with Gasteiger partial charge in [-0.3, -0.25) is 0 Å². The number of carbonyl (C=O) groups excluding carboxylic acids is 1. The first-order chi connectivity index (χ1) is 13.1. The van der Waals surface area contributed by atoms with Gasteiger partial charge in [0.05, 0.1) is 6.04 Å². The molecule has 0 saturated heterocycles. The Kier molecular flexibility index (Phi) is 6.54. The summed E-state index contributed by atoms with van der Waals surface area (Å²) in [4.78, 5) is 14.4. The molecule has 27 heavy (non-hydrogen) atoms. The molecule has 0 spiro atoms. The normalized spacial score (nSPS) is 13.4. The predicted molar refractivity (Wildman–Crippen MR) is 105 cm³/mol. The van der Waals surface area contributed by atoms with E-state index in [1.54, 1.807) is 0 Å². The van der Waals surface area contributed by atoms with Gasteiger partial charge in [-0.1, -0.05) is 36.4 Å². The zero-order chi connectivity index (χ0) is 19.1. The maximum atomic E-state index is 12.1. The van der Waals surface area contributed by atoms with Gasteiger partial charge in [-0.25, -0.2) is 4.79 Å². The Bertz CT molecular complexity index is 752. The van der Waals surface area contributed by atoms with Gasteiger partial charge in [0.1, 0.15) is 0 Å². The molecule has 0 fully saturated rings. The summed E-state index contributed by atoms with van der Waals surface area (Å²) < 4.78 is 10.7. The fourth-order valence-electron chi connectivity index (χ4n) is 3.04. The van der Waals surface area contributed by atoms with Crippen molar-refractivity contribution in [2.24, 2.45) is 0 Å². The lowest BCUT2D eigenvalue weighted by atomic mass is 10.1. The van der Waals surface area contributed by atoms with Gasteiger partial charge in [0, 0.05) is 13.1 Å². The van der Waals surface area contributed by atoms with Crippen LogP contribution in [0.2, 0.25) is 0 Å². The molecule has 1 atom stereocenters. The molecule has 0 saturated carbocycles. The second kappa shape index (κ2) is 9.28. The van der Waals surface area contributed by atoms with E-state index in [4.69, 9.17) is 9.47 Å². The Balaban J connectivity index is 1.34. The van der Waals surface area contributed by atoms with Crippen molar-refractivity contribution >= 4 is 6.03 Å². The highest BCUT2D eigenvalue weighted by Gasteiger charge is 2.16. The van der Waals surface area contributed by atoms with Crippen LogP contribution >= 0.6 is 0 Å². The van der Waals surface area contributed by atoms with Crippen molar-refractivity contribution in [1.82, 2.24) is 15.5 Å². The van der Waals surface area contributed by atoms with Gasteiger partial charge in [-0.2, -0.15) is 0 Å². The van der Waals surface area contributed by atoms with Gasteiger partial charge in [0.15, 0.2) is 11.5 Å². The monoisotopic (exact) mass is 369 g/mol. The van der Waals surface area contributed by atoms with Crippen LogP contribution in [-0.2, 0) is 6.54 Å². The highest BCUT2D eigenvalue weighted by Crippen LogP contribution is 2.34. The van der Waals surface area contributed by atoms with Crippen molar-refractivity contribution in [3.63, 3.8) is 0 Å². The van der Waals surface area contributed by atoms with E-state index < -0.39 is 0 Å². The second-order valence-corrected chi connectivity index (χ2v) is 6.81. The Labute approximate surface area is 160 Å². The molecular formula is C21H27N3O3. The molecule has 0 aromatic heterocycles. The highest BCUT2D eigenvalue weighted by molar-refractivity contribution is 5.74. The largest absolute Gasteiger partial charge is 0.454 e. The number of benzene rings is 2. The minimum absolute atomic E-state index is 0.111. The fraction of sp³-hybridized carbons (Fsp3) is 0.381. The molecule has 1 aliphatic rings. The minimum atomic E-state index is -0.161. The number of hydrogen-bond donors (Lipinski definition) is 2. The zero-order valence-electron chi connectivity index (χ0n) is 15.9. The number of rotatable bonds is 8. The third-order valence-electron chi connectivity index (χ3n) is 4.54. The van der Waals surface area contributed by atoms with Crippen molar-refractivity contribution in [3.05, 3.63) is 59.7 Å². The lowest BCUT2D eigenvalue weighted by Gasteiger charge is -2.18. The van der Waals surface area contributed by atoms with Gasteiger partial charge in [0.2, 0.25) is 6.79 Å². The van der Waals surface area contributed by atoms with Crippen molar-refractivity contribution in [3.8, 4) is 11.5 Å². The van der Waals surface area contributed by atoms with Crippen LogP contribution < -0.4 is 20.1 Å². The van der Waals surface area contributed by atoms with E-state index >= 15 is 0 Å². The van der Waals surface area contributed by atoms with Gasteiger partial charge in [-0.15, -0.1) is 0 Å². The van der Waals surface area contributed by atoms with Crippen molar-refractivity contribution in [1.29, 1.82) is 0 Å². The SMILES string of the molecule is C[C@H](NC(=O)NCCCN(C)Cc1ccccc1)c1ccc2c(c1)OCO2. The Morgan fingerprint density at radius 1 is 1.15 bits per heavy atom. The van der Waals surface area contributed by atoms with E-state index in [0.29, 0.717) is 6.54 Å². The average Bonchev–Trinajstić information content (AvgIpc) is 3.14. The molecule has 1 heterocycles. The first-order valence-corrected chi connectivity index (χ1v) is 9.28. The topological polar surface area (TPSA) is 62.8 Å². The van der Waals surface area contributed by atoms with Crippen LogP contribution in [0, 0.1) is 0 Å². The third kappa shape index (κ3) is 5.62. The van der Waals surface area contributed by atoms with E-state index in [-0.39, 0.29) is 18.9 Å². The second-order valence-electron chi connectivity index (χ2n) is 6.81. The minimum Gasteiger partial charge on any atom is -0.454 e. The van der Waals surface area contributed by atoms with Gasteiger partial charge in [0.25, 0.3) is 0 Å². The summed E-state index contributed by atoms with van der Waals surface area (Å²) in [6.07, 6.45) is 0.898. The molecule has 2 aromatic carbocycles. The molecule has 2 N–H and O–H groups in total. The molecule has 2 aromatic rings. The van der Waals surface area contributed by atoms with Crippen LogP contribution in [0.25, 0.3) is 0 Å². The van der Waals surface area contributed by atoms with Crippen LogP contribution in [0.15, 0.2) is 48.5 Å². The number of nitrogens with one attached hydrogen (secondary N) is 2. The smallest absolute Gasteiger partial charge is 0.315 e. The van der Waals surface area contributed by atoms with Crippen molar-refractivity contribution < 1.29 is 14.3 Å². The molecule has 144 valence electrons. The summed E-state index contributed by atoms with van der Waals surface area (Å²) in [7, 11) is 2.09. The van der Waals surface area contributed by atoms with Gasteiger partial charge < -0.3 is 25.0 Å². The van der Waals surface area contributed by atoms with Gasteiger partial charge in [-0.05, 0) is 50.2 Å². The van der Waals surface area contributed by atoms with E-state index in [1.807, 2.05) is 31.2 Å². The molecule has 6 nitrogen and oxygen atoms in total. The number of amides is 2. The quantitative estimate of drug-likeness (QED) is 0.701. The van der Waals surface area contributed by atoms with Crippen LogP contribution in [0.5, 0.6) is 11.5 Å². The first-order valence-electron chi connectivity index (χ1n) is 9.28. The van der Waals surface area contributed by atoms with Crippen molar-refractivity contribution in [2.75, 3.05) is 26.9 Å². The average molecular weight is 369 g/mol. The molecule has 0 aliphatic carbocycles. The number of ether oxygens (including phenoxy) is 2.